The van der Waals surface area contributed by atoms with Crippen LogP contribution in [0.2, 0.25) is 0 Å². The van der Waals surface area contributed by atoms with Gasteiger partial charge in [0.05, 0.1) is 39.0 Å². The first-order valence-electron chi connectivity index (χ1n) is 9.20. The molecule has 1 fully saturated rings. The maximum atomic E-state index is 12.4. The van der Waals surface area contributed by atoms with Crippen molar-refractivity contribution < 1.29 is 28.5 Å². The molecule has 150 valence electrons. The largest absolute Gasteiger partial charge is 0.464 e. The molecule has 0 aliphatic carbocycles. The van der Waals surface area contributed by atoms with Crippen molar-refractivity contribution >= 4 is 12.1 Å². The van der Waals surface area contributed by atoms with Gasteiger partial charge in [-0.1, -0.05) is 30.3 Å². The molecular weight excluding hydrogens is 350 g/mol. The molecule has 1 unspecified atom stereocenters. The van der Waals surface area contributed by atoms with Gasteiger partial charge in [-0.25, -0.2) is 9.59 Å². The number of carbonyl (C=O) groups is 2. The SMILES string of the molecule is CCOC(=O)C1CN(C(=O)OC(C)(C)C)C[C@@H](COCc2ccccc2)O1. The third-order valence-corrected chi connectivity index (χ3v) is 3.78. The molecule has 1 aromatic rings. The minimum Gasteiger partial charge on any atom is -0.464 e. The predicted molar refractivity (Wildman–Crippen MR) is 99.2 cm³/mol. The van der Waals surface area contributed by atoms with Gasteiger partial charge in [-0.05, 0) is 33.3 Å². The second kappa shape index (κ2) is 9.71. The molecule has 1 aliphatic rings. The number of morpholine rings is 1. The fourth-order valence-electron chi connectivity index (χ4n) is 2.65. The summed E-state index contributed by atoms with van der Waals surface area (Å²) >= 11 is 0. The first-order chi connectivity index (χ1) is 12.8. The molecule has 1 amide bonds. The van der Waals surface area contributed by atoms with E-state index in [1.54, 1.807) is 27.7 Å². The molecule has 0 radical (unpaired) electrons. The van der Waals surface area contributed by atoms with Crippen LogP contribution in [0, 0.1) is 0 Å². The van der Waals surface area contributed by atoms with Crippen molar-refractivity contribution in [3.8, 4) is 0 Å². The summed E-state index contributed by atoms with van der Waals surface area (Å²) in [6.07, 6.45) is -1.77. The highest BCUT2D eigenvalue weighted by atomic mass is 16.6. The quantitative estimate of drug-likeness (QED) is 0.708. The monoisotopic (exact) mass is 379 g/mol. The molecule has 7 heteroatoms. The summed E-state index contributed by atoms with van der Waals surface area (Å²) in [5.74, 6) is -0.487. The summed E-state index contributed by atoms with van der Waals surface area (Å²) in [6.45, 7) is 8.45. The Hall–Kier alpha value is -2.12. The van der Waals surface area contributed by atoms with Crippen LogP contribution in [0.25, 0.3) is 0 Å². The number of amides is 1. The van der Waals surface area contributed by atoms with Crippen LogP contribution in [-0.4, -0.2) is 61.1 Å². The van der Waals surface area contributed by atoms with Crippen LogP contribution in [-0.2, 0) is 30.3 Å². The van der Waals surface area contributed by atoms with Crippen molar-refractivity contribution in [3.63, 3.8) is 0 Å². The van der Waals surface area contributed by atoms with E-state index >= 15 is 0 Å². The second-order valence-electron chi connectivity index (χ2n) is 7.38. The molecule has 1 aromatic carbocycles. The van der Waals surface area contributed by atoms with E-state index in [1.165, 1.54) is 4.90 Å². The Bertz CT molecular complexity index is 613. The minimum absolute atomic E-state index is 0.100. The molecule has 0 saturated carbocycles. The van der Waals surface area contributed by atoms with Gasteiger partial charge < -0.3 is 23.8 Å². The normalized spacial score (nSPS) is 20.2. The van der Waals surface area contributed by atoms with Crippen LogP contribution < -0.4 is 0 Å². The number of nitrogens with zero attached hydrogens (tertiary/aromatic N) is 1. The fourth-order valence-corrected chi connectivity index (χ4v) is 2.65. The Morgan fingerprint density at radius 2 is 1.89 bits per heavy atom. The Kier molecular flexibility index (Phi) is 7.62. The van der Waals surface area contributed by atoms with E-state index in [0.717, 1.165) is 5.56 Å². The molecule has 1 aliphatic heterocycles. The molecule has 2 atom stereocenters. The molecule has 0 spiro atoms. The number of ether oxygens (including phenoxy) is 4. The van der Waals surface area contributed by atoms with Gasteiger partial charge >= 0.3 is 12.1 Å². The summed E-state index contributed by atoms with van der Waals surface area (Å²) in [7, 11) is 0. The van der Waals surface area contributed by atoms with E-state index < -0.39 is 29.9 Å². The lowest BCUT2D eigenvalue weighted by Gasteiger charge is -2.37. The number of rotatable bonds is 6. The van der Waals surface area contributed by atoms with Crippen molar-refractivity contribution in [1.29, 1.82) is 0 Å². The molecular formula is C20H29NO6. The van der Waals surface area contributed by atoms with E-state index in [1.807, 2.05) is 30.3 Å². The van der Waals surface area contributed by atoms with Gasteiger partial charge in [0.2, 0.25) is 0 Å². The van der Waals surface area contributed by atoms with Crippen LogP contribution in [0.3, 0.4) is 0 Å². The number of benzene rings is 1. The lowest BCUT2D eigenvalue weighted by atomic mass is 10.2. The van der Waals surface area contributed by atoms with Gasteiger partial charge in [-0.3, -0.25) is 0 Å². The van der Waals surface area contributed by atoms with Gasteiger partial charge in [-0.15, -0.1) is 0 Å². The lowest BCUT2D eigenvalue weighted by molar-refractivity contribution is -0.173. The van der Waals surface area contributed by atoms with Crippen LogP contribution >= 0.6 is 0 Å². The molecule has 2 rings (SSSR count). The maximum absolute atomic E-state index is 12.4. The zero-order valence-electron chi connectivity index (χ0n) is 16.5. The van der Waals surface area contributed by atoms with Crippen LogP contribution in [0.5, 0.6) is 0 Å². The van der Waals surface area contributed by atoms with Crippen LogP contribution in [0.1, 0.15) is 33.3 Å². The highest BCUT2D eigenvalue weighted by Gasteiger charge is 2.37. The standard InChI is InChI=1S/C20H29NO6/c1-5-25-18(22)17-12-21(19(23)27-20(2,3)4)11-16(26-17)14-24-13-15-9-7-6-8-10-15/h6-10,16-17H,5,11-14H2,1-4H3/t16-,17?/m0/s1. The topological polar surface area (TPSA) is 74.3 Å². The highest BCUT2D eigenvalue weighted by molar-refractivity contribution is 5.77. The van der Waals surface area contributed by atoms with Crippen molar-refractivity contribution in [1.82, 2.24) is 4.90 Å². The van der Waals surface area contributed by atoms with Gasteiger partial charge in [0.25, 0.3) is 0 Å². The predicted octanol–water partition coefficient (Wildman–Crippen LogP) is 2.77. The van der Waals surface area contributed by atoms with Crippen molar-refractivity contribution in [2.45, 2.75) is 52.1 Å². The number of hydrogen-bond donors (Lipinski definition) is 0. The van der Waals surface area contributed by atoms with E-state index in [-0.39, 0.29) is 19.8 Å². The Balaban J connectivity index is 1.97. The van der Waals surface area contributed by atoms with E-state index in [4.69, 9.17) is 18.9 Å². The first-order valence-corrected chi connectivity index (χ1v) is 9.20. The molecule has 27 heavy (non-hydrogen) atoms. The van der Waals surface area contributed by atoms with Gasteiger partial charge in [-0.2, -0.15) is 0 Å². The first kappa shape index (κ1) is 21.2. The third-order valence-electron chi connectivity index (χ3n) is 3.78. The number of hydrogen-bond acceptors (Lipinski definition) is 6. The summed E-state index contributed by atoms with van der Waals surface area (Å²) in [5, 5.41) is 0. The summed E-state index contributed by atoms with van der Waals surface area (Å²) < 4.78 is 22.0. The summed E-state index contributed by atoms with van der Waals surface area (Å²) in [5.41, 5.74) is 0.424. The zero-order valence-corrected chi connectivity index (χ0v) is 16.5. The van der Waals surface area contributed by atoms with Gasteiger partial charge in [0, 0.05) is 0 Å². The van der Waals surface area contributed by atoms with Crippen molar-refractivity contribution in [2.24, 2.45) is 0 Å². The van der Waals surface area contributed by atoms with Crippen LogP contribution in [0.4, 0.5) is 4.79 Å². The average molecular weight is 379 g/mol. The average Bonchev–Trinajstić information content (AvgIpc) is 2.61. The second-order valence-corrected chi connectivity index (χ2v) is 7.38. The zero-order chi connectivity index (χ0) is 19.9. The third kappa shape index (κ3) is 7.19. The highest BCUT2D eigenvalue weighted by Crippen LogP contribution is 2.18. The minimum atomic E-state index is -0.850. The Morgan fingerprint density at radius 1 is 1.19 bits per heavy atom. The molecule has 1 saturated heterocycles. The van der Waals surface area contributed by atoms with Gasteiger partial charge in [0.1, 0.15) is 5.60 Å². The molecule has 0 bridgehead atoms. The Morgan fingerprint density at radius 3 is 2.52 bits per heavy atom. The van der Waals surface area contributed by atoms with E-state index in [2.05, 4.69) is 0 Å². The lowest BCUT2D eigenvalue weighted by Crippen LogP contribution is -2.55. The smallest absolute Gasteiger partial charge is 0.410 e. The van der Waals surface area contributed by atoms with E-state index in [0.29, 0.717) is 13.2 Å². The molecule has 7 nitrogen and oxygen atoms in total. The van der Waals surface area contributed by atoms with Crippen LogP contribution in [0.15, 0.2) is 30.3 Å². The molecule has 0 aromatic heterocycles. The van der Waals surface area contributed by atoms with Crippen molar-refractivity contribution in [3.05, 3.63) is 35.9 Å². The maximum Gasteiger partial charge on any atom is 0.410 e. The van der Waals surface area contributed by atoms with Gasteiger partial charge in [0.15, 0.2) is 6.10 Å². The molecule has 1 heterocycles. The Labute approximate surface area is 160 Å². The summed E-state index contributed by atoms with van der Waals surface area (Å²) in [6, 6.07) is 9.76. The fraction of sp³-hybridized carbons (Fsp3) is 0.600. The van der Waals surface area contributed by atoms with E-state index in [9.17, 15) is 9.59 Å². The van der Waals surface area contributed by atoms with Crippen molar-refractivity contribution in [2.75, 3.05) is 26.3 Å². The summed E-state index contributed by atoms with van der Waals surface area (Å²) in [4.78, 5) is 26.0. The molecule has 0 N–H and O–H groups in total. The number of esters is 1. The number of carbonyl (C=O) groups excluding carboxylic acids is 2.